The Kier molecular flexibility index (Phi) is 7.32. The predicted octanol–water partition coefficient (Wildman–Crippen LogP) is 6.81. The van der Waals surface area contributed by atoms with Crippen molar-refractivity contribution in [2.24, 2.45) is 4.99 Å². The number of H-pyrrole nitrogens is 1. The van der Waals surface area contributed by atoms with Crippen LogP contribution in [0, 0.1) is 0 Å². The van der Waals surface area contributed by atoms with Gasteiger partial charge in [0.25, 0.3) is 5.91 Å². The summed E-state index contributed by atoms with van der Waals surface area (Å²) in [5.41, 5.74) is 3.95. The van der Waals surface area contributed by atoms with Crippen LogP contribution in [0.5, 0.6) is 11.5 Å². The molecule has 0 unspecified atom stereocenters. The van der Waals surface area contributed by atoms with E-state index in [0.717, 1.165) is 16.8 Å². The quantitative estimate of drug-likeness (QED) is 0.264. The van der Waals surface area contributed by atoms with Gasteiger partial charge in [0.05, 0.1) is 23.8 Å². The lowest BCUT2D eigenvalue weighted by Crippen LogP contribution is -2.31. The van der Waals surface area contributed by atoms with Crippen LogP contribution in [0.4, 0.5) is 5.69 Å². The summed E-state index contributed by atoms with van der Waals surface area (Å²) in [6, 6.07) is 23.6. The fraction of sp³-hybridized carbons (Fsp3) is 0.200. The van der Waals surface area contributed by atoms with Gasteiger partial charge in [-0.2, -0.15) is 0 Å². The molecule has 2 heterocycles. The fourth-order valence-electron chi connectivity index (χ4n) is 4.25. The number of rotatable bonds is 8. The van der Waals surface area contributed by atoms with Crippen molar-refractivity contribution in [3.63, 3.8) is 0 Å². The molecule has 37 heavy (non-hydrogen) atoms. The minimum absolute atomic E-state index is 0.0348. The summed E-state index contributed by atoms with van der Waals surface area (Å²) in [5, 5.41) is 1.85. The molecule has 0 spiro atoms. The van der Waals surface area contributed by atoms with E-state index in [-0.39, 0.29) is 12.0 Å². The van der Waals surface area contributed by atoms with Crippen molar-refractivity contribution < 1.29 is 14.3 Å². The van der Waals surface area contributed by atoms with Crippen LogP contribution in [0.1, 0.15) is 25.0 Å². The number of nitrogens with zero attached hydrogens (tertiary/aromatic N) is 2. The first-order valence-electron chi connectivity index (χ1n) is 12.3. The van der Waals surface area contributed by atoms with E-state index in [1.165, 1.54) is 22.7 Å². The number of benzene rings is 3. The Morgan fingerprint density at radius 2 is 1.81 bits per heavy atom. The summed E-state index contributed by atoms with van der Waals surface area (Å²) in [6.07, 6.45) is 4.66. The molecule has 188 valence electrons. The molecule has 6 nitrogen and oxygen atoms in total. The van der Waals surface area contributed by atoms with Gasteiger partial charge in [0.15, 0.2) is 16.7 Å². The molecule has 0 bridgehead atoms. The number of aromatic amines is 1. The molecule has 1 aliphatic rings. The van der Waals surface area contributed by atoms with Gasteiger partial charge in [-0.1, -0.05) is 42.5 Å². The highest BCUT2D eigenvalue weighted by Crippen LogP contribution is 2.36. The number of aliphatic imine (C=N–C) groups is 1. The molecule has 3 aromatic carbocycles. The van der Waals surface area contributed by atoms with Gasteiger partial charge in [0.1, 0.15) is 0 Å². The van der Waals surface area contributed by atoms with Gasteiger partial charge >= 0.3 is 0 Å². The zero-order valence-electron chi connectivity index (χ0n) is 21.1. The second kappa shape index (κ2) is 11.0. The van der Waals surface area contributed by atoms with E-state index in [1.54, 1.807) is 12.0 Å². The first kappa shape index (κ1) is 24.7. The number of nitrogens with one attached hydrogen (secondary N) is 1. The second-order valence-electron chi connectivity index (χ2n) is 8.98. The maximum absolute atomic E-state index is 13.6. The minimum Gasteiger partial charge on any atom is -0.493 e. The number of hydrogen-bond donors (Lipinski definition) is 1. The average Bonchev–Trinajstić information content (AvgIpc) is 3.44. The largest absolute Gasteiger partial charge is 0.493 e. The standard InChI is InChI=1S/C30H29N3O3S/c1-20(2)36-26-14-13-21(17-27(26)35-3)18-28-29(34)33(30(37-28)32-23-9-5-4-6-10-23)16-15-22-19-31-25-12-8-7-11-24(22)25/h4-14,17-20,31H,15-16H2,1-3H3. The van der Waals surface area contributed by atoms with Crippen molar-refractivity contribution in [2.75, 3.05) is 13.7 Å². The van der Waals surface area contributed by atoms with Crippen molar-refractivity contribution in [2.45, 2.75) is 26.4 Å². The molecule has 5 rings (SSSR count). The van der Waals surface area contributed by atoms with Gasteiger partial charge in [-0.15, -0.1) is 0 Å². The van der Waals surface area contributed by atoms with E-state index in [4.69, 9.17) is 14.5 Å². The molecule has 1 N–H and O–H groups in total. The van der Waals surface area contributed by atoms with Gasteiger partial charge in [-0.05, 0) is 79.6 Å². The molecule has 4 aromatic rings. The molecular weight excluding hydrogens is 482 g/mol. The summed E-state index contributed by atoms with van der Waals surface area (Å²) in [6.45, 7) is 4.48. The summed E-state index contributed by atoms with van der Waals surface area (Å²) < 4.78 is 11.4. The minimum atomic E-state index is -0.0546. The van der Waals surface area contributed by atoms with Gasteiger partial charge in [-0.25, -0.2) is 4.99 Å². The molecule has 0 aliphatic carbocycles. The highest BCUT2D eigenvalue weighted by atomic mass is 32.2. The Bertz CT molecular complexity index is 1470. The number of carbonyl (C=O) groups is 1. The highest BCUT2D eigenvalue weighted by molar-refractivity contribution is 8.18. The van der Waals surface area contributed by atoms with Crippen LogP contribution >= 0.6 is 11.8 Å². The predicted molar refractivity (Wildman–Crippen MR) is 152 cm³/mol. The van der Waals surface area contributed by atoms with Gasteiger partial charge in [0.2, 0.25) is 0 Å². The first-order valence-corrected chi connectivity index (χ1v) is 13.1. The van der Waals surface area contributed by atoms with Crippen LogP contribution in [0.2, 0.25) is 0 Å². The number of carbonyl (C=O) groups excluding carboxylic acids is 1. The Hall–Kier alpha value is -3.97. The van der Waals surface area contributed by atoms with Gasteiger partial charge < -0.3 is 14.5 Å². The third-order valence-electron chi connectivity index (χ3n) is 6.00. The Morgan fingerprint density at radius 3 is 2.59 bits per heavy atom. The van der Waals surface area contributed by atoms with Crippen molar-refractivity contribution in [3.8, 4) is 11.5 Å². The Labute approximate surface area is 221 Å². The second-order valence-corrected chi connectivity index (χ2v) is 9.99. The molecule has 1 aliphatic heterocycles. The highest BCUT2D eigenvalue weighted by Gasteiger charge is 2.33. The number of amides is 1. The van der Waals surface area contributed by atoms with E-state index < -0.39 is 0 Å². The lowest BCUT2D eigenvalue weighted by molar-refractivity contribution is -0.122. The number of ether oxygens (including phenoxy) is 2. The van der Waals surface area contributed by atoms with E-state index in [9.17, 15) is 4.79 Å². The summed E-state index contributed by atoms with van der Waals surface area (Å²) in [7, 11) is 1.62. The maximum Gasteiger partial charge on any atom is 0.266 e. The summed E-state index contributed by atoms with van der Waals surface area (Å²) >= 11 is 1.39. The van der Waals surface area contributed by atoms with Gasteiger partial charge in [0, 0.05) is 23.6 Å². The lowest BCUT2D eigenvalue weighted by Gasteiger charge is -2.15. The number of amidine groups is 1. The molecule has 1 fully saturated rings. The summed E-state index contributed by atoms with van der Waals surface area (Å²) in [5.74, 6) is 1.26. The Morgan fingerprint density at radius 1 is 1.03 bits per heavy atom. The van der Waals surface area contributed by atoms with Crippen LogP contribution in [0.3, 0.4) is 0 Å². The van der Waals surface area contributed by atoms with Crippen LogP contribution in [0.15, 0.2) is 88.9 Å². The zero-order chi connectivity index (χ0) is 25.8. The number of hydrogen-bond acceptors (Lipinski definition) is 5. The van der Waals surface area contributed by atoms with E-state index in [0.29, 0.717) is 34.5 Å². The van der Waals surface area contributed by atoms with Crippen LogP contribution in [0.25, 0.3) is 17.0 Å². The van der Waals surface area contributed by atoms with Crippen LogP contribution in [-0.2, 0) is 11.2 Å². The molecule has 1 saturated heterocycles. The smallest absolute Gasteiger partial charge is 0.266 e. The third-order valence-corrected chi connectivity index (χ3v) is 7.00. The van der Waals surface area contributed by atoms with Crippen LogP contribution in [-0.4, -0.2) is 40.7 Å². The number of para-hydroxylation sites is 2. The third kappa shape index (κ3) is 5.57. The van der Waals surface area contributed by atoms with E-state index in [2.05, 4.69) is 17.1 Å². The molecule has 0 saturated carbocycles. The van der Waals surface area contributed by atoms with Gasteiger partial charge in [-0.3, -0.25) is 9.69 Å². The SMILES string of the molecule is COc1cc(C=C2SC(=Nc3ccccc3)N(CCc3c[nH]c4ccccc34)C2=O)ccc1OC(C)C. The molecule has 7 heteroatoms. The average molecular weight is 512 g/mol. The van der Waals surface area contributed by atoms with E-state index >= 15 is 0 Å². The first-order chi connectivity index (χ1) is 18.0. The molecule has 1 aromatic heterocycles. The fourth-order valence-corrected chi connectivity index (χ4v) is 5.27. The van der Waals surface area contributed by atoms with Crippen molar-refractivity contribution >= 4 is 45.5 Å². The number of methoxy groups -OCH3 is 1. The number of aromatic nitrogens is 1. The Balaban J connectivity index is 1.44. The molecule has 0 radical (unpaired) electrons. The molecule has 1 amide bonds. The zero-order valence-corrected chi connectivity index (χ0v) is 21.9. The number of thioether (sulfide) groups is 1. The normalized spacial score (nSPS) is 15.9. The number of fused-ring (bicyclic) bond motifs is 1. The molecule has 0 atom stereocenters. The topological polar surface area (TPSA) is 66.9 Å². The van der Waals surface area contributed by atoms with Crippen molar-refractivity contribution in [1.82, 2.24) is 9.88 Å². The summed E-state index contributed by atoms with van der Waals surface area (Å²) in [4.78, 5) is 24.1. The van der Waals surface area contributed by atoms with Crippen molar-refractivity contribution in [1.29, 1.82) is 0 Å². The van der Waals surface area contributed by atoms with Crippen molar-refractivity contribution in [3.05, 3.63) is 95.0 Å². The monoisotopic (exact) mass is 511 g/mol. The maximum atomic E-state index is 13.6. The lowest BCUT2D eigenvalue weighted by atomic mass is 10.1. The van der Waals surface area contributed by atoms with Crippen LogP contribution < -0.4 is 9.47 Å². The van der Waals surface area contributed by atoms with E-state index in [1.807, 2.05) is 86.8 Å². The molecular formula is C30H29N3O3S.